The number of H-pyrrole nitrogens is 1. The molecule has 1 amide bonds. The lowest BCUT2D eigenvalue weighted by molar-refractivity contribution is 0.0946. The van der Waals surface area contributed by atoms with Gasteiger partial charge in [0.05, 0.1) is 17.0 Å². The molecule has 0 atom stereocenters. The van der Waals surface area contributed by atoms with Crippen LogP contribution in [0.2, 0.25) is 5.02 Å². The summed E-state index contributed by atoms with van der Waals surface area (Å²) in [6, 6.07) is 13.1. The van der Waals surface area contributed by atoms with Crippen molar-refractivity contribution in [2.24, 2.45) is 0 Å². The van der Waals surface area contributed by atoms with Crippen molar-refractivity contribution < 1.29 is 17.9 Å². The van der Waals surface area contributed by atoms with E-state index in [1.165, 1.54) is 88.8 Å². The maximum absolute atomic E-state index is 13.2. The number of halogens is 1. The van der Waals surface area contributed by atoms with Gasteiger partial charge in [0.2, 0.25) is 9.84 Å². The third-order valence-electron chi connectivity index (χ3n) is 8.32. The van der Waals surface area contributed by atoms with Crippen LogP contribution in [0, 0.1) is 0 Å². The highest BCUT2D eigenvalue weighted by molar-refractivity contribution is 7.91. The van der Waals surface area contributed by atoms with Gasteiger partial charge in [-0.25, -0.2) is 8.42 Å². The van der Waals surface area contributed by atoms with E-state index >= 15 is 0 Å². The summed E-state index contributed by atoms with van der Waals surface area (Å²) in [7, 11) is -2.47. The second-order valence-electron chi connectivity index (χ2n) is 11.1. The molecule has 40 heavy (non-hydrogen) atoms. The van der Waals surface area contributed by atoms with Crippen molar-refractivity contribution in [1.29, 1.82) is 0 Å². The van der Waals surface area contributed by atoms with Crippen molar-refractivity contribution in [3.05, 3.63) is 76.1 Å². The van der Waals surface area contributed by atoms with Gasteiger partial charge in [0.1, 0.15) is 16.3 Å². The molecule has 9 heteroatoms. The number of aromatic nitrogens is 1. The van der Waals surface area contributed by atoms with Crippen molar-refractivity contribution in [2.45, 2.75) is 92.6 Å². The van der Waals surface area contributed by atoms with Crippen molar-refractivity contribution >= 4 is 27.3 Å². The summed E-state index contributed by atoms with van der Waals surface area (Å²) in [5, 5.41) is 6.91. The van der Waals surface area contributed by atoms with Gasteiger partial charge in [-0.3, -0.25) is 4.79 Å². The maximum atomic E-state index is 13.2. The molecular formula is C31H38ClN3O4S. The zero-order valence-corrected chi connectivity index (χ0v) is 24.6. The second-order valence-corrected chi connectivity index (χ2v) is 13.4. The molecule has 5 rings (SSSR count). The summed E-state index contributed by atoms with van der Waals surface area (Å²) in [5.41, 5.74) is 3.81. The minimum absolute atomic E-state index is 0.0577. The number of carbonyl (C=O) groups excluding carboxylic acids is 1. The van der Waals surface area contributed by atoms with Gasteiger partial charge in [0, 0.05) is 30.7 Å². The van der Waals surface area contributed by atoms with Crippen molar-refractivity contribution in [3.63, 3.8) is 0 Å². The minimum Gasteiger partial charge on any atom is -0.495 e. The Morgan fingerprint density at radius 2 is 1.68 bits per heavy atom. The number of hydrogen-bond donors (Lipinski definition) is 3. The van der Waals surface area contributed by atoms with E-state index in [0.29, 0.717) is 5.69 Å². The largest absolute Gasteiger partial charge is 0.495 e. The number of methoxy groups -OCH3 is 1. The molecule has 0 radical (unpaired) electrons. The molecule has 3 aromatic rings. The monoisotopic (exact) mass is 583 g/mol. The zero-order chi connectivity index (χ0) is 28.2. The van der Waals surface area contributed by atoms with Gasteiger partial charge >= 0.3 is 0 Å². The van der Waals surface area contributed by atoms with Crippen LogP contribution < -0.4 is 15.4 Å². The van der Waals surface area contributed by atoms with E-state index < -0.39 is 9.84 Å². The Morgan fingerprint density at radius 1 is 1.00 bits per heavy atom. The number of amides is 1. The van der Waals surface area contributed by atoms with Crippen LogP contribution >= 0.6 is 11.6 Å². The Bertz CT molecular complexity index is 1440. The Kier molecular flexibility index (Phi) is 8.88. The van der Waals surface area contributed by atoms with E-state index in [0.717, 1.165) is 24.1 Å². The van der Waals surface area contributed by atoms with Gasteiger partial charge in [-0.2, -0.15) is 0 Å². The number of carbonyl (C=O) groups is 1. The molecule has 1 fully saturated rings. The first-order valence-corrected chi connectivity index (χ1v) is 16.1. The van der Waals surface area contributed by atoms with Crippen molar-refractivity contribution in [3.8, 4) is 5.75 Å². The Hall–Kier alpha value is -2.81. The van der Waals surface area contributed by atoms with Crippen LogP contribution in [-0.4, -0.2) is 32.0 Å². The fourth-order valence-electron chi connectivity index (χ4n) is 6.04. The average molecular weight is 584 g/mol. The fourth-order valence-corrected chi connectivity index (χ4v) is 7.98. The second kappa shape index (κ2) is 12.4. The van der Waals surface area contributed by atoms with Gasteiger partial charge < -0.3 is 20.4 Å². The maximum Gasteiger partial charge on any atom is 0.267 e. The summed E-state index contributed by atoms with van der Waals surface area (Å²) in [6.07, 6.45) is 12.4. The molecule has 1 aliphatic heterocycles. The lowest BCUT2D eigenvalue weighted by Crippen LogP contribution is -2.49. The molecule has 3 N–H and O–H groups in total. The normalized spacial score (nSPS) is 17.6. The van der Waals surface area contributed by atoms with E-state index in [1.54, 1.807) is 24.3 Å². The number of sulfone groups is 1. The quantitative estimate of drug-likeness (QED) is 0.314. The van der Waals surface area contributed by atoms with Gasteiger partial charge in [-0.05, 0) is 54.3 Å². The number of fused-ring (bicyclic) bond motifs is 1. The SMILES string of the molecule is COc1cccc(Cl)c1S(=O)(=O)c1ccc(CNC(=O)c2cc3c([nH]2)CC2(CCCCCCCCC2)NC3)cc1. The topological polar surface area (TPSA) is 100 Å². The number of aromatic amines is 1. The average Bonchev–Trinajstić information content (AvgIpc) is 3.38. The summed E-state index contributed by atoms with van der Waals surface area (Å²) in [4.78, 5) is 16.5. The molecular weight excluding hydrogens is 546 g/mol. The molecule has 0 unspecified atom stereocenters. The van der Waals surface area contributed by atoms with Crippen LogP contribution in [-0.2, 0) is 29.3 Å². The van der Waals surface area contributed by atoms with Gasteiger partial charge in [0.15, 0.2) is 0 Å². The number of rotatable bonds is 6. The van der Waals surface area contributed by atoms with Crippen LogP contribution in [0.3, 0.4) is 0 Å². The summed E-state index contributed by atoms with van der Waals surface area (Å²) in [5.74, 6) is 0.0194. The highest BCUT2D eigenvalue weighted by Crippen LogP contribution is 2.36. The molecule has 2 heterocycles. The van der Waals surface area contributed by atoms with Crippen LogP contribution in [0.25, 0.3) is 0 Å². The van der Waals surface area contributed by atoms with E-state index in [9.17, 15) is 13.2 Å². The van der Waals surface area contributed by atoms with E-state index in [4.69, 9.17) is 16.3 Å². The molecule has 214 valence electrons. The molecule has 2 aliphatic rings. The first-order chi connectivity index (χ1) is 19.3. The third-order valence-corrected chi connectivity index (χ3v) is 10.6. The predicted molar refractivity (Wildman–Crippen MR) is 157 cm³/mol. The molecule has 7 nitrogen and oxygen atoms in total. The Morgan fingerprint density at radius 3 is 2.35 bits per heavy atom. The Labute approximate surface area is 242 Å². The fraction of sp³-hybridized carbons (Fsp3) is 0.452. The molecule has 0 bridgehead atoms. The number of hydrogen-bond acceptors (Lipinski definition) is 5. The molecule has 2 aromatic carbocycles. The van der Waals surface area contributed by atoms with Crippen LogP contribution in [0.15, 0.2) is 58.3 Å². The Balaban J connectivity index is 1.23. The van der Waals surface area contributed by atoms with Gasteiger partial charge in [-0.15, -0.1) is 0 Å². The van der Waals surface area contributed by atoms with Crippen LogP contribution in [0.5, 0.6) is 5.75 Å². The number of nitrogens with one attached hydrogen (secondary N) is 3. The minimum atomic E-state index is -3.88. The van der Waals surface area contributed by atoms with Gasteiger partial charge in [0.25, 0.3) is 5.91 Å². The molecule has 1 aromatic heterocycles. The highest BCUT2D eigenvalue weighted by Gasteiger charge is 2.35. The number of ether oxygens (including phenoxy) is 1. The highest BCUT2D eigenvalue weighted by atomic mass is 35.5. The molecule has 1 spiro atoms. The van der Waals surface area contributed by atoms with Crippen molar-refractivity contribution in [1.82, 2.24) is 15.6 Å². The predicted octanol–water partition coefficient (Wildman–Crippen LogP) is 6.35. The summed E-state index contributed by atoms with van der Waals surface area (Å²) < 4.78 is 31.7. The first-order valence-electron chi connectivity index (χ1n) is 14.2. The van der Waals surface area contributed by atoms with E-state index in [-0.39, 0.29) is 38.6 Å². The number of benzene rings is 2. The zero-order valence-electron chi connectivity index (χ0n) is 23.0. The molecule has 0 saturated heterocycles. The lowest BCUT2D eigenvalue weighted by atomic mass is 9.79. The van der Waals surface area contributed by atoms with Crippen molar-refractivity contribution in [2.75, 3.05) is 7.11 Å². The van der Waals surface area contributed by atoms with Crippen LogP contribution in [0.4, 0.5) is 0 Å². The molecule has 1 saturated carbocycles. The van der Waals surface area contributed by atoms with Crippen LogP contribution in [0.1, 0.15) is 85.1 Å². The standard InChI is InChI=1S/C31H38ClN3O4S/c1-39-28-11-9-10-25(32)29(28)40(37,38)24-14-12-22(13-15-24)20-33-30(36)26-18-23-21-34-31(19-27(23)35-26)16-7-5-3-2-4-6-8-17-31/h9-15,18,34-35H,2-8,16-17,19-21H2,1H3,(H,33,36). The first kappa shape index (κ1) is 28.7. The van der Waals surface area contributed by atoms with E-state index in [2.05, 4.69) is 15.6 Å². The lowest BCUT2D eigenvalue weighted by Gasteiger charge is -2.39. The summed E-state index contributed by atoms with van der Waals surface area (Å²) >= 11 is 6.21. The summed E-state index contributed by atoms with van der Waals surface area (Å²) in [6.45, 7) is 1.06. The molecule has 1 aliphatic carbocycles. The smallest absolute Gasteiger partial charge is 0.267 e. The third kappa shape index (κ3) is 6.24. The van der Waals surface area contributed by atoms with E-state index in [1.807, 2.05) is 6.07 Å². The van der Waals surface area contributed by atoms with Gasteiger partial charge in [-0.1, -0.05) is 74.7 Å².